The van der Waals surface area contributed by atoms with Gasteiger partial charge in [0.25, 0.3) is 0 Å². The monoisotopic (exact) mass is 280 g/mol. The van der Waals surface area contributed by atoms with Crippen LogP contribution in [0, 0.1) is 0 Å². The Morgan fingerprint density at radius 3 is 2.95 bits per heavy atom. The fourth-order valence-corrected chi connectivity index (χ4v) is 1.51. The molecule has 1 aromatic heterocycles. The Morgan fingerprint density at radius 2 is 2.25 bits per heavy atom. The van der Waals surface area contributed by atoms with Gasteiger partial charge >= 0.3 is 0 Å². The van der Waals surface area contributed by atoms with Crippen LogP contribution in [0.5, 0.6) is 5.75 Å². The van der Waals surface area contributed by atoms with Crippen molar-refractivity contribution in [3.05, 3.63) is 24.5 Å². The standard InChI is InChI=1S/C14H24N4O2/c1-3-16-14(17-8-5-10-19-2)18-9-11-20-13-6-4-7-15-12-13/h4,6-7,12H,3,5,8-11H2,1-2H3,(H2,16,17,18). The Morgan fingerprint density at radius 1 is 1.35 bits per heavy atom. The van der Waals surface area contributed by atoms with Crippen LogP contribution in [0.1, 0.15) is 13.3 Å². The maximum absolute atomic E-state index is 5.55. The van der Waals surface area contributed by atoms with E-state index in [0.717, 1.165) is 37.8 Å². The van der Waals surface area contributed by atoms with Crippen LogP contribution < -0.4 is 15.4 Å². The van der Waals surface area contributed by atoms with Crippen LogP contribution in [0.15, 0.2) is 29.5 Å². The molecule has 1 heterocycles. The molecule has 0 saturated heterocycles. The second kappa shape index (κ2) is 11.0. The van der Waals surface area contributed by atoms with Gasteiger partial charge in [0.15, 0.2) is 5.96 Å². The normalized spacial score (nSPS) is 11.2. The van der Waals surface area contributed by atoms with E-state index in [1.165, 1.54) is 0 Å². The molecular weight excluding hydrogens is 256 g/mol. The molecule has 0 spiro atoms. The summed E-state index contributed by atoms with van der Waals surface area (Å²) in [5, 5.41) is 6.41. The van der Waals surface area contributed by atoms with Crippen molar-refractivity contribution in [1.29, 1.82) is 0 Å². The quantitative estimate of drug-likeness (QED) is 0.402. The third-order valence-corrected chi connectivity index (χ3v) is 2.42. The fourth-order valence-electron chi connectivity index (χ4n) is 1.51. The summed E-state index contributed by atoms with van der Waals surface area (Å²) in [4.78, 5) is 8.43. The number of pyridine rings is 1. The first-order chi connectivity index (χ1) is 9.86. The highest BCUT2D eigenvalue weighted by molar-refractivity contribution is 5.79. The molecule has 0 fully saturated rings. The molecule has 0 bridgehead atoms. The molecule has 1 aromatic rings. The molecule has 0 saturated carbocycles. The minimum absolute atomic E-state index is 0.564. The van der Waals surface area contributed by atoms with E-state index in [2.05, 4.69) is 20.6 Å². The summed E-state index contributed by atoms with van der Waals surface area (Å²) in [6.07, 6.45) is 4.34. The van der Waals surface area contributed by atoms with Crippen molar-refractivity contribution in [2.75, 3.05) is 40.0 Å². The van der Waals surface area contributed by atoms with Crippen LogP contribution >= 0.6 is 0 Å². The predicted molar refractivity (Wildman–Crippen MR) is 80.2 cm³/mol. The van der Waals surface area contributed by atoms with Gasteiger partial charge in [0.05, 0.1) is 12.7 Å². The van der Waals surface area contributed by atoms with E-state index in [0.29, 0.717) is 13.2 Å². The molecule has 6 heteroatoms. The van der Waals surface area contributed by atoms with Crippen LogP contribution in [0.25, 0.3) is 0 Å². The summed E-state index contributed by atoms with van der Waals surface area (Å²) in [7, 11) is 1.70. The number of nitrogens with one attached hydrogen (secondary N) is 2. The first kappa shape index (κ1) is 16.2. The molecule has 0 radical (unpaired) electrons. The van der Waals surface area contributed by atoms with Gasteiger partial charge in [-0.15, -0.1) is 0 Å². The third-order valence-electron chi connectivity index (χ3n) is 2.42. The highest BCUT2D eigenvalue weighted by Gasteiger charge is 1.97. The third kappa shape index (κ3) is 7.58. The summed E-state index contributed by atoms with van der Waals surface area (Å²) in [6, 6.07) is 3.74. The van der Waals surface area contributed by atoms with Gasteiger partial charge in [-0.1, -0.05) is 0 Å². The van der Waals surface area contributed by atoms with Gasteiger partial charge in [-0.05, 0) is 25.5 Å². The maximum Gasteiger partial charge on any atom is 0.191 e. The first-order valence-electron chi connectivity index (χ1n) is 6.90. The molecule has 112 valence electrons. The lowest BCUT2D eigenvalue weighted by Crippen LogP contribution is -2.39. The molecule has 0 aliphatic rings. The molecule has 0 unspecified atom stereocenters. The molecule has 2 N–H and O–H groups in total. The van der Waals surface area contributed by atoms with Crippen molar-refractivity contribution in [1.82, 2.24) is 15.6 Å². The van der Waals surface area contributed by atoms with Crippen molar-refractivity contribution in [3.63, 3.8) is 0 Å². The zero-order valence-electron chi connectivity index (χ0n) is 12.3. The van der Waals surface area contributed by atoms with Crippen LogP contribution in [0.3, 0.4) is 0 Å². The zero-order chi connectivity index (χ0) is 14.5. The van der Waals surface area contributed by atoms with E-state index >= 15 is 0 Å². The van der Waals surface area contributed by atoms with E-state index < -0.39 is 0 Å². The Hall–Kier alpha value is -1.82. The number of nitrogens with zero attached hydrogens (tertiary/aromatic N) is 2. The molecule has 0 amide bonds. The second-order valence-electron chi connectivity index (χ2n) is 4.07. The second-order valence-corrected chi connectivity index (χ2v) is 4.07. The van der Waals surface area contributed by atoms with Crippen LogP contribution in [0.4, 0.5) is 0 Å². The van der Waals surface area contributed by atoms with Gasteiger partial charge in [-0.2, -0.15) is 0 Å². The van der Waals surface area contributed by atoms with Crippen molar-refractivity contribution >= 4 is 5.96 Å². The van der Waals surface area contributed by atoms with E-state index in [1.807, 2.05) is 19.1 Å². The summed E-state index contributed by atoms with van der Waals surface area (Å²) < 4.78 is 10.5. The number of guanidine groups is 1. The van der Waals surface area contributed by atoms with Gasteiger partial charge in [-0.25, -0.2) is 0 Å². The molecule has 20 heavy (non-hydrogen) atoms. The average molecular weight is 280 g/mol. The van der Waals surface area contributed by atoms with Crippen LogP contribution in [0.2, 0.25) is 0 Å². The van der Waals surface area contributed by atoms with Gasteiger partial charge in [0.2, 0.25) is 0 Å². The van der Waals surface area contributed by atoms with E-state index in [1.54, 1.807) is 19.5 Å². The first-order valence-corrected chi connectivity index (χ1v) is 6.90. The summed E-state index contributed by atoms with van der Waals surface area (Å²) in [6.45, 7) is 5.59. The van der Waals surface area contributed by atoms with Crippen LogP contribution in [-0.2, 0) is 4.74 Å². The molecular formula is C14H24N4O2. The highest BCUT2D eigenvalue weighted by atomic mass is 16.5. The number of aliphatic imine (C=N–C) groups is 1. The maximum atomic E-state index is 5.55. The van der Waals surface area contributed by atoms with E-state index in [9.17, 15) is 0 Å². The Kier molecular flexibility index (Phi) is 8.97. The number of ether oxygens (including phenoxy) is 2. The molecule has 0 aliphatic heterocycles. The summed E-state index contributed by atoms with van der Waals surface area (Å²) in [5.41, 5.74) is 0. The molecule has 0 atom stereocenters. The van der Waals surface area contributed by atoms with Crippen molar-refractivity contribution < 1.29 is 9.47 Å². The summed E-state index contributed by atoms with van der Waals surface area (Å²) in [5.74, 6) is 1.58. The molecule has 0 aromatic carbocycles. The highest BCUT2D eigenvalue weighted by Crippen LogP contribution is 2.04. The van der Waals surface area contributed by atoms with Gasteiger partial charge in [-0.3, -0.25) is 9.98 Å². The molecule has 6 nitrogen and oxygen atoms in total. The zero-order valence-corrected chi connectivity index (χ0v) is 12.3. The number of hydrogen-bond acceptors (Lipinski definition) is 4. The summed E-state index contributed by atoms with van der Waals surface area (Å²) >= 11 is 0. The molecule has 1 rings (SSSR count). The number of hydrogen-bond donors (Lipinski definition) is 2. The number of rotatable bonds is 9. The lowest BCUT2D eigenvalue weighted by molar-refractivity contribution is 0.197. The average Bonchev–Trinajstić information content (AvgIpc) is 2.49. The minimum Gasteiger partial charge on any atom is -0.490 e. The Bertz CT molecular complexity index is 371. The van der Waals surface area contributed by atoms with Gasteiger partial charge in [0, 0.05) is 33.0 Å². The fraction of sp³-hybridized carbons (Fsp3) is 0.571. The minimum atomic E-state index is 0.564. The lowest BCUT2D eigenvalue weighted by Gasteiger charge is -2.11. The smallest absolute Gasteiger partial charge is 0.191 e. The largest absolute Gasteiger partial charge is 0.490 e. The van der Waals surface area contributed by atoms with E-state index in [-0.39, 0.29) is 0 Å². The van der Waals surface area contributed by atoms with Crippen molar-refractivity contribution in [2.45, 2.75) is 13.3 Å². The molecule has 0 aliphatic carbocycles. The van der Waals surface area contributed by atoms with E-state index in [4.69, 9.17) is 9.47 Å². The SMILES string of the molecule is CCNC(=NCCCOC)NCCOc1cccnc1. The Labute approximate surface area is 120 Å². The van der Waals surface area contributed by atoms with Gasteiger partial charge in [0.1, 0.15) is 12.4 Å². The van der Waals surface area contributed by atoms with Gasteiger partial charge < -0.3 is 20.1 Å². The predicted octanol–water partition coefficient (Wildman–Crippen LogP) is 1.05. The number of methoxy groups -OCH3 is 1. The van der Waals surface area contributed by atoms with Crippen molar-refractivity contribution in [3.8, 4) is 5.75 Å². The number of aromatic nitrogens is 1. The van der Waals surface area contributed by atoms with Crippen molar-refractivity contribution in [2.24, 2.45) is 4.99 Å². The topological polar surface area (TPSA) is 67.8 Å². The van der Waals surface area contributed by atoms with Crippen LogP contribution in [-0.4, -0.2) is 50.9 Å². The Balaban J connectivity index is 2.21. The lowest BCUT2D eigenvalue weighted by atomic mass is 10.4.